The van der Waals surface area contributed by atoms with Crippen LogP contribution in [0.15, 0.2) is 0 Å². The Balaban J connectivity index is 1.74. The summed E-state index contributed by atoms with van der Waals surface area (Å²) in [5.74, 6) is -0.488. The Morgan fingerprint density at radius 2 is 1.81 bits per heavy atom. The monoisotopic (exact) mass is 543 g/mol. The number of hydrogen-bond donors (Lipinski definition) is 1. The smallest absolute Gasteiger partial charge is 0.409 e. The molecule has 3 rings (SSSR count). The van der Waals surface area contributed by atoms with Crippen molar-refractivity contribution in [2.75, 3.05) is 32.6 Å². The molecule has 10 nitrogen and oxygen atoms in total. The topological polar surface area (TPSA) is 114 Å². The summed E-state index contributed by atoms with van der Waals surface area (Å²) in [5.41, 5.74) is -1.93. The molecule has 0 spiro atoms. The second-order valence-corrected chi connectivity index (χ2v) is 18.9. The first-order valence-electron chi connectivity index (χ1n) is 12.6. The number of methoxy groups -OCH3 is 1. The summed E-state index contributed by atoms with van der Waals surface area (Å²) in [5, 5.41) is 2.69. The van der Waals surface area contributed by atoms with E-state index in [0.717, 1.165) is 6.04 Å². The van der Waals surface area contributed by atoms with Gasteiger partial charge in [-0.2, -0.15) is 0 Å². The van der Waals surface area contributed by atoms with E-state index in [4.69, 9.17) is 14.2 Å². The average Bonchev–Trinajstić information content (AvgIpc) is 3.29. The van der Waals surface area contributed by atoms with Crippen LogP contribution in [0.5, 0.6) is 0 Å². The number of ether oxygens (including phenoxy) is 3. The summed E-state index contributed by atoms with van der Waals surface area (Å²) in [6.45, 7) is 13.3. The lowest BCUT2D eigenvalue weighted by Gasteiger charge is -2.41. The molecule has 3 heterocycles. The second kappa shape index (κ2) is 10.8. The highest BCUT2D eigenvalue weighted by Gasteiger charge is 2.62. The van der Waals surface area contributed by atoms with Crippen LogP contribution in [0.2, 0.25) is 25.7 Å². The molecule has 0 aromatic carbocycles. The van der Waals surface area contributed by atoms with E-state index in [9.17, 15) is 19.2 Å². The first kappa shape index (κ1) is 28.6. The predicted octanol–water partition coefficient (Wildman–Crippen LogP) is 3.28. The quantitative estimate of drug-likeness (QED) is 0.308. The van der Waals surface area contributed by atoms with Crippen molar-refractivity contribution in [3.63, 3.8) is 0 Å². The van der Waals surface area contributed by atoms with Gasteiger partial charge in [0.1, 0.15) is 17.2 Å². The van der Waals surface area contributed by atoms with Gasteiger partial charge < -0.3 is 29.3 Å². The second-order valence-electron chi connectivity index (χ2n) is 12.0. The molecule has 1 N–H and O–H groups in total. The van der Waals surface area contributed by atoms with Gasteiger partial charge in [0, 0.05) is 33.3 Å². The maximum absolute atomic E-state index is 13.9. The average molecular weight is 544 g/mol. The summed E-state index contributed by atoms with van der Waals surface area (Å²) in [6, 6.07) is 0.226. The number of thioether (sulfide) groups is 1. The molecule has 0 radical (unpaired) electrons. The molecule has 3 aliphatic rings. The SMILES string of the molecule is COC(=O)[C@@H]1CS[C@H]2C[C@](NC(=O)OC(C)(C)C)(C3CCN(C(=O)OCC[Si](C)(C)C)CC3)C(=O)N21. The van der Waals surface area contributed by atoms with Gasteiger partial charge in [-0.3, -0.25) is 4.79 Å². The third kappa shape index (κ3) is 6.48. The number of piperidine rings is 1. The number of rotatable bonds is 6. The molecule has 36 heavy (non-hydrogen) atoms. The van der Waals surface area contributed by atoms with Gasteiger partial charge >= 0.3 is 18.2 Å². The molecule has 3 atom stereocenters. The van der Waals surface area contributed by atoms with Gasteiger partial charge in [-0.15, -0.1) is 11.8 Å². The van der Waals surface area contributed by atoms with Gasteiger partial charge in [0.15, 0.2) is 0 Å². The summed E-state index contributed by atoms with van der Waals surface area (Å²) in [6.07, 6.45) is 0.428. The van der Waals surface area contributed by atoms with Crippen LogP contribution >= 0.6 is 11.8 Å². The minimum Gasteiger partial charge on any atom is -0.467 e. The Kier molecular flexibility index (Phi) is 8.59. The van der Waals surface area contributed by atoms with Crippen molar-refractivity contribution in [3.8, 4) is 0 Å². The summed E-state index contributed by atoms with van der Waals surface area (Å²) >= 11 is 1.52. The zero-order valence-corrected chi connectivity index (χ0v) is 24.4. The van der Waals surface area contributed by atoms with Gasteiger partial charge in [-0.25, -0.2) is 14.4 Å². The molecule has 3 fully saturated rings. The number of carbonyl (C=O) groups is 4. The number of esters is 1. The van der Waals surface area contributed by atoms with E-state index in [1.165, 1.54) is 18.9 Å². The minimum atomic E-state index is -1.31. The van der Waals surface area contributed by atoms with E-state index in [-0.39, 0.29) is 23.3 Å². The highest BCUT2D eigenvalue weighted by atomic mass is 32.2. The Morgan fingerprint density at radius 3 is 2.36 bits per heavy atom. The Hall–Kier alpha value is -1.95. The van der Waals surface area contributed by atoms with Crippen molar-refractivity contribution >= 4 is 43.9 Å². The van der Waals surface area contributed by atoms with Crippen molar-refractivity contribution in [2.24, 2.45) is 5.92 Å². The molecule has 0 aromatic rings. The van der Waals surface area contributed by atoms with Crippen molar-refractivity contribution in [2.45, 2.75) is 88.3 Å². The van der Waals surface area contributed by atoms with E-state index in [1.54, 1.807) is 30.6 Å². The number of nitrogens with one attached hydrogen (secondary N) is 1. The van der Waals surface area contributed by atoms with Crippen LogP contribution in [-0.2, 0) is 23.8 Å². The number of amides is 3. The summed E-state index contributed by atoms with van der Waals surface area (Å²) in [4.78, 5) is 55.0. The summed E-state index contributed by atoms with van der Waals surface area (Å²) in [7, 11) is 0.00531. The van der Waals surface area contributed by atoms with E-state index in [2.05, 4.69) is 25.0 Å². The number of carbonyl (C=O) groups excluding carboxylic acids is 4. The Labute approximate surface area is 219 Å². The lowest BCUT2D eigenvalue weighted by Crippen LogP contribution is -2.62. The molecule has 0 bridgehead atoms. The predicted molar refractivity (Wildman–Crippen MR) is 139 cm³/mol. The normalized spacial score (nSPS) is 27.0. The van der Waals surface area contributed by atoms with Gasteiger partial charge in [0.2, 0.25) is 0 Å². The van der Waals surface area contributed by atoms with Crippen LogP contribution in [0, 0.1) is 5.92 Å². The fourth-order valence-corrected chi connectivity index (χ4v) is 7.23. The summed E-state index contributed by atoms with van der Waals surface area (Å²) < 4.78 is 15.9. The lowest BCUT2D eigenvalue weighted by molar-refractivity contribution is -0.152. The number of nitrogens with zero attached hydrogens (tertiary/aromatic N) is 2. The molecular weight excluding hydrogens is 502 g/mol. The van der Waals surface area contributed by atoms with Crippen molar-refractivity contribution in [3.05, 3.63) is 0 Å². The third-order valence-electron chi connectivity index (χ3n) is 6.93. The molecule has 0 aliphatic carbocycles. The fourth-order valence-electron chi connectivity index (χ4n) is 5.03. The molecule has 0 aromatic heterocycles. The van der Waals surface area contributed by atoms with Crippen LogP contribution in [0.3, 0.4) is 0 Å². The first-order chi connectivity index (χ1) is 16.7. The third-order valence-corrected chi connectivity index (χ3v) is 9.92. The van der Waals surface area contributed by atoms with Crippen LogP contribution in [-0.4, -0.2) is 97.1 Å². The molecule has 0 unspecified atom stereocenters. The molecule has 0 saturated carbocycles. The van der Waals surface area contributed by atoms with Crippen LogP contribution in [0.1, 0.15) is 40.0 Å². The van der Waals surface area contributed by atoms with E-state index in [1.807, 2.05) is 0 Å². The highest BCUT2D eigenvalue weighted by Crippen LogP contribution is 2.47. The molecule has 3 amide bonds. The van der Waals surface area contributed by atoms with Crippen LogP contribution in [0.25, 0.3) is 0 Å². The molecule has 3 saturated heterocycles. The van der Waals surface area contributed by atoms with Crippen molar-refractivity contribution in [1.29, 1.82) is 0 Å². The zero-order chi connectivity index (χ0) is 26.9. The highest BCUT2D eigenvalue weighted by molar-refractivity contribution is 8.00. The minimum absolute atomic E-state index is 0.215. The van der Waals surface area contributed by atoms with Gasteiger partial charge in [0.25, 0.3) is 5.91 Å². The van der Waals surface area contributed by atoms with Crippen molar-refractivity contribution in [1.82, 2.24) is 15.1 Å². The molecule has 12 heteroatoms. The number of fused-ring (bicyclic) bond motifs is 1. The van der Waals surface area contributed by atoms with Crippen LogP contribution < -0.4 is 5.32 Å². The van der Waals surface area contributed by atoms with Gasteiger partial charge in [-0.1, -0.05) is 19.6 Å². The maximum atomic E-state index is 13.9. The molecule has 204 valence electrons. The van der Waals surface area contributed by atoms with E-state index < -0.39 is 37.3 Å². The standard InChI is InChI=1S/C24H41N3O7SSi/c1-23(2,3)34-21(30)25-24(14-18-27(20(24)29)17(15-35-18)19(28)32-4)16-8-10-26(11-9-16)22(31)33-12-13-36(5,6)7/h16-18H,8-15H2,1-7H3,(H,25,30)/t17-,18-,24-/m0/s1. The van der Waals surface area contributed by atoms with E-state index >= 15 is 0 Å². The maximum Gasteiger partial charge on any atom is 0.409 e. The number of likely N-dealkylation sites (tertiary alicyclic amines) is 1. The first-order valence-corrected chi connectivity index (χ1v) is 17.4. The fraction of sp³-hybridized carbons (Fsp3) is 0.833. The van der Waals surface area contributed by atoms with Gasteiger partial charge in [-0.05, 0) is 45.6 Å². The van der Waals surface area contributed by atoms with Crippen molar-refractivity contribution < 1.29 is 33.4 Å². The number of hydrogen-bond acceptors (Lipinski definition) is 8. The largest absolute Gasteiger partial charge is 0.467 e. The van der Waals surface area contributed by atoms with Crippen LogP contribution in [0.4, 0.5) is 9.59 Å². The Morgan fingerprint density at radius 1 is 1.17 bits per heavy atom. The lowest BCUT2D eigenvalue weighted by atomic mass is 9.76. The Bertz CT molecular complexity index is 867. The van der Waals surface area contributed by atoms with Gasteiger partial charge in [0.05, 0.1) is 19.1 Å². The number of alkyl carbamates (subject to hydrolysis) is 1. The van der Waals surface area contributed by atoms with E-state index in [0.29, 0.717) is 44.7 Å². The zero-order valence-electron chi connectivity index (χ0n) is 22.5. The molecule has 3 aliphatic heterocycles. The molecular formula is C24H41N3O7SSi.